The minimum atomic E-state index is -0.168. The van der Waals surface area contributed by atoms with Gasteiger partial charge in [-0.3, -0.25) is 0 Å². The maximum Gasteiger partial charge on any atom is 0.133 e. The van der Waals surface area contributed by atoms with Gasteiger partial charge in [0.25, 0.3) is 0 Å². The van der Waals surface area contributed by atoms with E-state index in [0.29, 0.717) is 0 Å². The van der Waals surface area contributed by atoms with E-state index in [4.69, 9.17) is 15.2 Å². The summed E-state index contributed by atoms with van der Waals surface area (Å²) in [6.45, 7) is 2.31. The zero-order valence-electron chi connectivity index (χ0n) is 13.2. The number of nitrogens with two attached hydrogens (primary N) is 1. The second kappa shape index (κ2) is 7.12. The predicted octanol–water partition coefficient (Wildman–Crippen LogP) is 3.92. The highest BCUT2D eigenvalue weighted by Crippen LogP contribution is 2.37. The Morgan fingerprint density at radius 1 is 1.33 bits per heavy atom. The van der Waals surface area contributed by atoms with Gasteiger partial charge in [-0.15, -0.1) is 0 Å². The Labute approximate surface area is 136 Å². The number of halogens is 1. The molecule has 2 N–H and O–H groups in total. The average molecular weight is 356 g/mol. The van der Waals surface area contributed by atoms with E-state index in [1.807, 2.05) is 6.07 Å². The van der Waals surface area contributed by atoms with Gasteiger partial charge in [0, 0.05) is 13.2 Å². The third kappa shape index (κ3) is 3.79. The van der Waals surface area contributed by atoms with Gasteiger partial charge in [-0.1, -0.05) is 13.0 Å². The maximum atomic E-state index is 6.52. The molecule has 21 heavy (non-hydrogen) atoms. The Kier molecular flexibility index (Phi) is 5.69. The second-order valence-electron chi connectivity index (χ2n) is 6.23. The summed E-state index contributed by atoms with van der Waals surface area (Å²) < 4.78 is 12.1. The van der Waals surface area contributed by atoms with Crippen molar-refractivity contribution in [2.45, 2.75) is 50.7 Å². The molecule has 0 aliphatic heterocycles. The first-order chi connectivity index (χ1) is 10.0. The first-order valence-corrected chi connectivity index (χ1v) is 8.43. The van der Waals surface area contributed by atoms with E-state index in [1.54, 1.807) is 14.2 Å². The van der Waals surface area contributed by atoms with Crippen molar-refractivity contribution in [1.82, 2.24) is 0 Å². The van der Waals surface area contributed by atoms with Crippen LogP contribution in [0.15, 0.2) is 22.7 Å². The molecular formula is C17H26BrNO2. The van der Waals surface area contributed by atoms with Crippen LogP contribution < -0.4 is 10.5 Å². The van der Waals surface area contributed by atoms with Crippen LogP contribution in [-0.2, 0) is 11.2 Å². The monoisotopic (exact) mass is 355 g/mol. The van der Waals surface area contributed by atoms with Crippen LogP contribution in [0.2, 0.25) is 0 Å². The third-order valence-corrected chi connectivity index (χ3v) is 5.49. The molecule has 0 bridgehead atoms. The maximum absolute atomic E-state index is 6.52. The molecule has 0 saturated heterocycles. The van der Waals surface area contributed by atoms with E-state index in [2.05, 4.69) is 35.0 Å². The molecule has 118 valence electrons. The lowest BCUT2D eigenvalue weighted by molar-refractivity contribution is -0.0659. The van der Waals surface area contributed by atoms with Crippen LogP contribution in [0.4, 0.5) is 0 Å². The summed E-state index contributed by atoms with van der Waals surface area (Å²) in [6, 6.07) is 6.18. The number of hydrogen-bond acceptors (Lipinski definition) is 3. The van der Waals surface area contributed by atoms with Gasteiger partial charge in [0.05, 0.1) is 17.2 Å². The molecule has 3 nitrogen and oxygen atoms in total. The molecule has 1 atom stereocenters. The summed E-state index contributed by atoms with van der Waals surface area (Å²) in [5.74, 6) is 1.64. The first kappa shape index (κ1) is 16.8. The van der Waals surface area contributed by atoms with Crippen LogP contribution in [-0.4, -0.2) is 25.9 Å². The van der Waals surface area contributed by atoms with Crippen molar-refractivity contribution in [3.05, 3.63) is 28.2 Å². The van der Waals surface area contributed by atoms with Crippen LogP contribution in [0.1, 0.15) is 38.2 Å². The van der Waals surface area contributed by atoms with E-state index in [0.717, 1.165) is 35.4 Å². The quantitative estimate of drug-likeness (QED) is 0.870. The van der Waals surface area contributed by atoms with Crippen molar-refractivity contribution in [3.63, 3.8) is 0 Å². The number of hydrogen-bond donors (Lipinski definition) is 1. The molecule has 1 aliphatic rings. The molecule has 2 rings (SSSR count). The van der Waals surface area contributed by atoms with E-state index in [1.165, 1.54) is 18.4 Å². The highest BCUT2D eigenvalue weighted by Gasteiger charge is 2.39. The summed E-state index contributed by atoms with van der Waals surface area (Å²) >= 11 is 3.53. The Morgan fingerprint density at radius 3 is 2.52 bits per heavy atom. The van der Waals surface area contributed by atoms with Gasteiger partial charge >= 0.3 is 0 Å². The highest BCUT2D eigenvalue weighted by atomic mass is 79.9. The van der Waals surface area contributed by atoms with Crippen molar-refractivity contribution < 1.29 is 9.47 Å². The molecule has 0 aromatic heterocycles. The lowest BCUT2D eigenvalue weighted by Crippen LogP contribution is -2.52. The van der Waals surface area contributed by atoms with Gasteiger partial charge in [0.15, 0.2) is 0 Å². The average Bonchev–Trinajstić information content (AvgIpc) is 2.48. The fourth-order valence-electron chi connectivity index (χ4n) is 3.25. The van der Waals surface area contributed by atoms with Crippen LogP contribution >= 0.6 is 15.9 Å². The standard InChI is InChI=1S/C17H26BrNO2/c1-12-6-8-17(21-3,9-7-12)16(19)11-13-4-5-15(20-2)14(18)10-13/h4-5,10,12,16H,6-9,11,19H2,1-3H3. The van der Waals surface area contributed by atoms with Crippen molar-refractivity contribution in [2.75, 3.05) is 14.2 Å². The molecule has 0 amide bonds. The Hall–Kier alpha value is -0.580. The van der Waals surface area contributed by atoms with Gasteiger partial charge < -0.3 is 15.2 Å². The molecule has 1 unspecified atom stereocenters. The van der Waals surface area contributed by atoms with Crippen molar-refractivity contribution in [3.8, 4) is 5.75 Å². The highest BCUT2D eigenvalue weighted by molar-refractivity contribution is 9.10. The smallest absolute Gasteiger partial charge is 0.133 e. The molecule has 0 radical (unpaired) electrons. The molecule has 1 aromatic rings. The summed E-state index contributed by atoms with van der Waals surface area (Å²) in [5.41, 5.74) is 7.57. The molecule has 1 saturated carbocycles. The number of methoxy groups -OCH3 is 2. The largest absolute Gasteiger partial charge is 0.496 e. The molecular weight excluding hydrogens is 330 g/mol. The van der Waals surface area contributed by atoms with Crippen molar-refractivity contribution >= 4 is 15.9 Å². The third-order valence-electron chi connectivity index (χ3n) is 4.87. The van der Waals surface area contributed by atoms with Gasteiger partial charge in [-0.2, -0.15) is 0 Å². The lowest BCUT2D eigenvalue weighted by atomic mass is 9.74. The normalized spacial score (nSPS) is 27.4. The summed E-state index contributed by atoms with van der Waals surface area (Å²) in [4.78, 5) is 0. The van der Waals surface area contributed by atoms with Gasteiger partial charge in [0.1, 0.15) is 5.75 Å². The molecule has 4 heteroatoms. The number of ether oxygens (including phenoxy) is 2. The van der Waals surface area contributed by atoms with Crippen LogP contribution in [0.5, 0.6) is 5.75 Å². The molecule has 1 aromatic carbocycles. The lowest BCUT2D eigenvalue weighted by Gasteiger charge is -2.42. The Bertz CT molecular complexity index is 470. The van der Waals surface area contributed by atoms with E-state index < -0.39 is 0 Å². The predicted molar refractivity (Wildman–Crippen MR) is 89.7 cm³/mol. The topological polar surface area (TPSA) is 44.5 Å². The first-order valence-electron chi connectivity index (χ1n) is 7.64. The molecule has 1 aliphatic carbocycles. The van der Waals surface area contributed by atoms with E-state index >= 15 is 0 Å². The van der Waals surface area contributed by atoms with Crippen LogP contribution in [0.25, 0.3) is 0 Å². The fraction of sp³-hybridized carbons (Fsp3) is 0.647. The van der Waals surface area contributed by atoms with Crippen molar-refractivity contribution in [1.29, 1.82) is 0 Å². The fourth-order valence-corrected chi connectivity index (χ4v) is 3.84. The zero-order chi connectivity index (χ0) is 15.5. The second-order valence-corrected chi connectivity index (χ2v) is 7.09. The number of rotatable bonds is 5. The summed E-state index contributed by atoms with van der Waals surface area (Å²) in [5, 5.41) is 0. The number of benzene rings is 1. The van der Waals surface area contributed by atoms with Gasteiger partial charge in [-0.25, -0.2) is 0 Å². The van der Waals surface area contributed by atoms with Crippen LogP contribution in [0, 0.1) is 5.92 Å². The van der Waals surface area contributed by atoms with Crippen LogP contribution in [0.3, 0.4) is 0 Å². The SMILES string of the molecule is COc1ccc(CC(N)C2(OC)CCC(C)CC2)cc1Br. The van der Waals surface area contributed by atoms with E-state index in [9.17, 15) is 0 Å². The Morgan fingerprint density at radius 2 is 2.00 bits per heavy atom. The minimum Gasteiger partial charge on any atom is -0.496 e. The molecule has 0 heterocycles. The summed E-state index contributed by atoms with van der Waals surface area (Å²) in [7, 11) is 3.48. The van der Waals surface area contributed by atoms with E-state index in [-0.39, 0.29) is 11.6 Å². The molecule has 0 spiro atoms. The van der Waals surface area contributed by atoms with Gasteiger partial charge in [0.2, 0.25) is 0 Å². The zero-order valence-corrected chi connectivity index (χ0v) is 14.8. The minimum absolute atomic E-state index is 0.0234. The molecule has 1 fully saturated rings. The Balaban J connectivity index is 2.09. The van der Waals surface area contributed by atoms with Gasteiger partial charge in [-0.05, 0) is 71.6 Å². The summed E-state index contributed by atoms with van der Waals surface area (Å²) in [6.07, 6.45) is 5.35. The van der Waals surface area contributed by atoms with Crippen molar-refractivity contribution in [2.24, 2.45) is 11.7 Å².